The SMILES string of the molecule is CCOC1CC(O)C12CCN(C(=O)CC(C)CN)CC2. The van der Waals surface area contributed by atoms with E-state index in [0.717, 1.165) is 32.4 Å². The molecule has 0 bridgehead atoms. The predicted molar refractivity (Wildman–Crippen MR) is 77.1 cm³/mol. The summed E-state index contributed by atoms with van der Waals surface area (Å²) < 4.78 is 5.74. The molecule has 0 aromatic heterocycles. The van der Waals surface area contributed by atoms with E-state index in [1.54, 1.807) is 0 Å². The number of piperidine rings is 1. The molecule has 5 heteroatoms. The van der Waals surface area contributed by atoms with Crippen LogP contribution < -0.4 is 5.73 Å². The minimum Gasteiger partial charge on any atom is -0.392 e. The second kappa shape index (κ2) is 6.41. The second-order valence-corrected chi connectivity index (χ2v) is 6.35. The van der Waals surface area contributed by atoms with Gasteiger partial charge in [0.05, 0.1) is 12.2 Å². The van der Waals surface area contributed by atoms with E-state index in [1.807, 2.05) is 18.7 Å². The van der Waals surface area contributed by atoms with E-state index < -0.39 is 0 Å². The van der Waals surface area contributed by atoms with Gasteiger partial charge in [0.2, 0.25) is 5.91 Å². The van der Waals surface area contributed by atoms with Crippen LogP contribution in [0, 0.1) is 11.3 Å². The third kappa shape index (κ3) is 2.85. The van der Waals surface area contributed by atoms with Gasteiger partial charge in [-0.3, -0.25) is 4.79 Å². The van der Waals surface area contributed by atoms with Crippen molar-refractivity contribution in [2.24, 2.45) is 17.1 Å². The Labute approximate surface area is 121 Å². The van der Waals surface area contributed by atoms with E-state index in [4.69, 9.17) is 10.5 Å². The highest BCUT2D eigenvalue weighted by atomic mass is 16.5. The third-order valence-corrected chi connectivity index (χ3v) is 5.08. The maximum absolute atomic E-state index is 12.2. The zero-order chi connectivity index (χ0) is 14.8. The Kier molecular flexibility index (Phi) is 5.04. The molecular formula is C15H28N2O3. The first-order valence-electron chi connectivity index (χ1n) is 7.81. The molecule has 0 aromatic carbocycles. The normalized spacial score (nSPS) is 30.1. The summed E-state index contributed by atoms with van der Waals surface area (Å²) in [4.78, 5) is 14.1. The first-order valence-corrected chi connectivity index (χ1v) is 7.81. The van der Waals surface area contributed by atoms with E-state index in [2.05, 4.69) is 0 Å². The molecule has 2 fully saturated rings. The van der Waals surface area contributed by atoms with Crippen LogP contribution in [0.2, 0.25) is 0 Å². The lowest BCUT2D eigenvalue weighted by Gasteiger charge is -2.56. The monoisotopic (exact) mass is 284 g/mol. The molecule has 5 nitrogen and oxygen atoms in total. The molecule has 1 amide bonds. The minimum atomic E-state index is -0.265. The average Bonchev–Trinajstić information content (AvgIpc) is 2.47. The molecule has 2 rings (SSSR count). The third-order valence-electron chi connectivity index (χ3n) is 5.08. The van der Waals surface area contributed by atoms with Crippen LogP contribution in [0.25, 0.3) is 0 Å². The quantitative estimate of drug-likeness (QED) is 0.781. The number of nitrogens with two attached hydrogens (primary N) is 1. The molecule has 3 N–H and O–H groups in total. The second-order valence-electron chi connectivity index (χ2n) is 6.35. The number of ether oxygens (including phenoxy) is 1. The van der Waals surface area contributed by atoms with Crippen molar-refractivity contribution in [3.8, 4) is 0 Å². The van der Waals surface area contributed by atoms with Crippen LogP contribution in [0.3, 0.4) is 0 Å². The summed E-state index contributed by atoms with van der Waals surface area (Å²) in [6.45, 7) is 6.70. The number of amides is 1. The average molecular weight is 284 g/mol. The Bertz CT molecular complexity index is 338. The van der Waals surface area contributed by atoms with Crippen molar-refractivity contribution in [3.63, 3.8) is 0 Å². The molecular weight excluding hydrogens is 256 g/mol. The molecule has 20 heavy (non-hydrogen) atoms. The fourth-order valence-electron chi connectivity index (χ4n) is 3.50. The lowest BCUT2D eigenvalue weighted by Crippen LogP contribution is -2.62. The van der Waals surface area contributed by atoms with Crippen molar-refractivity contribution in [2.45, 2.75) is 51.7 Å². The molecule has 0 radical (unpaired) electrons. The van der Waals surface area contributed by atoms with Crippen LogP contribution in [0.4, 0.5) is 0 Å². The van der Waals surface area contributed by atoms with Crippen LogP contribution in [0.5, 0.6) is 0 Å². The van der Waals surface area contributed by atoms with Crippen molar-refractivity contribution in [1.82, 2.24) is 4.90 Å². The molecule has 0 aromatic rings. The maximum atomic E-state index is 12.2. The zero-order valence-corrected chi connectivity index (χ0v) is 12.7. The molecule has 1 heterocycles. The summed E-state index contributed by atoms with van der Waals surface area (Å²) in [7, 11) is 0. The number of hydrogen-bond acceptors (Lipinski definition) is 4. The van der Waals surface area contributed by atoms with E-state index in [0.29, 0.717) is 19.6 Å². The van der Waals surface area contributed by atoms with Gasteiger partial charge in [-0.1, -0.05) is 6.92 Å². The topological polar surface area (TPSA) is 75.8 Å². The molecule has 1 saturated heterocycles. The van der Waals surface area contributed by atoms with Crippen LogP contribution in [-0.2, 0) is 9.53 Å². The number of likely N-dealkylation sites (tertiary alicyclic amines) is 1. The van der Waals surface area contributed by atoms with Gasteiger partial charge < -0.3 is 20.5 Å². The Balaban J connectivity index is 1.87. The van der Waals surface area contributed by atoms with Gasteiger partial charge >= 0.3 is 0 Å². The number of aliphatic hydroxyl groups excluding tert-OH is 1. The molecule has 1 spiro atoms. The molecule has 3 unspecified atom stereocenters. The summed E-state index contributed by atoms with van der Waals surface area (Å²) in [6, 6.07) is 0. The van der Waals surface area contributed by atoms with Crippen molar-refractivity contribution >= 4 is 5.91 Å². The fraction of sp³-hybridized carbons (Fsp3) is 0.933. The Hall–Kier alpha value is -0.650. The standard InChI is InChI=1S/C15H28N2O3/c1-3-20-13-9-12(18)15(13)4-6-17(7-5-15)14(19)8-11(2)10-16/h11-13,18H,3-10,16H2,1-2H3. The van der Waals surface area contributed by atoms with Gasteiger partial charge in [0.1, 0.15) is 0 Å². The van der Waals surface area contributed by atoms with Gasteiger partial charge in [0, 0.05) is 38.0 Å². The minimum absolute atomic E-state index is 0.105. The maximum Gasteiger partial charge on any atom is 0.222 e. The van der Waals surface area contributed by atoms with Crippen molar-refractivity contribution < 1.29 is 14.6 Å². The summed E-state index contributed by atoms with van der Waals surface area (Å²) in [5.74, 6) is 0.434. The lowest BCUT2D eigenvalue weighted by atomic mass is 9.58. The van der Waals surface area contributed by atoms with Gasteiger partial charge in [-0.15, -0.1) is 0 Å². The van der Waals surface area contributed by atoms with E-state index in [1.165, 1.54) is 0 Å². The summed E-state index contributed by atoms with van der Waals surface area (Å²) in [5.41, 5.74) is 5.47. The largest absolute Gasteiger partial charge is 0.392 e. The van der Waals surface area contributed by atoms with E-state index >= 15 is 0 Å². The molecule has 1 aliphatic heterocycles. The Morgan fingerprint density at radius 2 is 2.15 bits per heavy atom. The number of rotatable bonds is 5. The Morgan fingerprint density at radius 1 is 1.50 bits per heavy atom. The number of aliphatic hydroxyl groups is 1. The zero-order valence-electron chi connectivity index (χ0n) is 12.7. The van der Waals surface area contributed by atoms with Crippen LogP contribution >= 0.6 is 0 Å². The van der Waals surface area contributed by atoms with Gasteiger partial charge in [-0.05, 0) is 32.2 Å². The van der Waals surface area contributed by atoms with Gasteiger partial charge in [0.15, 0.2) is 0 Å². The Morgan fingerprint density at radius 3 is 2.65 bits per heavy atom. The smallest absolute Gasteiger partial charge is 0.222 e. The van der Waals surface area contributed by atoms with Crippen molar-refractivity contribution in [1.29, 1.82) is 0 Å². The van der Waals surface area contributed by atoms with E-state index in [-0.39, 0.29) is 29.4 Å². The number of carbonyl (C=O) groups excluding carboxylic acids is 1. The first kappa shape index (κ1) is 15.7. The van der Waals surface area contributed by atoms with Crippen LogP contribution in [0.1, 0.15) is 39.5 Å². The molecule has 3 atom stereocenters. The molecule has 1 saturated carbocycles. The van der Waals surface area contributed by atoms with Gasteiger partial charge in [0.25, 0.3) is 0 Å². The number of nitrogens with zero attached hydrogens (tertiary/aromatic N) is 1. The van der Waals surface area contributed by atoms with Gasteiger partial charge in [-0.2, -0.15) is 0 Å². The number of hydrogen-bond donors (Lipinski definition) is 2. The molecule has 2 aliphatic rings. The lowest BCUT2D eigenvalue weighted by molar-refractivity contribution is -0.210. The summed E-state index contributed by atoms with van der Waals surface area (Å²) in [6.07, 6.45) is 2.87. The number of carbonyl (C=O) groups is 1. The highest BCUT2D eigenvalue weighted by Gasteiger charge is 2.56. The molecule has 1 aliphatic carbocycles. The fourth-order valence-corrected chi connectivity index (χ4v) is 3.50. The van der Waals surface area contributed by atoms with Crippen LogP contribution in [0.15, 0.2) is 0 Å². The van der Waals surface area contributed by atoms with E-state index in [9.17, 15) is 9.90 Å². The summed E-state index contributed by atoms with van der Waals surface area (Å²) in [5, 5.41) is 10.1. The highest BCUT2D eigenvalue weighted by molar-refractivity contribution is 5.76. The highest BCUT2D eigenvalue weighted by Crippen LogP contribution is 2.50. The van der Waals surface area contributed by atoms with Crippen molar-refractivity contribution in [2.75, 3.05) is 26.2 Å². The van der Waals surface area contributed by atoms with Crippen LogP contribution in [-0.4, -0.2) is 54.4 Å². The molecule has 116 valence electrons. The first-order chi connectivity index (χ1) is 9.53. The van der Waals surface area contributed by atoms with Gasteiger partial charge in [-0.25, -0.2) is 0 Å². The predicted octanol–water partition coefficient (Wildman–Crippen LogP) is 0.750. The summed E-state index contributed by atoms with van der Waals surface area (Å²) >= 11 is 0. The van der Waals surface area contributed by atoms with Crippen molar-refractivity contribution in [3.05, 3.63) is 0 Å².